The van der Waals surface area contributed by atoms with Crippen molar-refractivity contribution in [3.63, 3.8) is 0 Å². The van der Waals surface area contributed by atoms with Crippen LogP contribution < -0.4 is 5.32 Å². The van der Waals surface area contributed by atoms with Crippen LogP contribution in [0.15, 0.2) is 11.5 Å². The number of hydrogen-bond donors (Lipinski definition) is 1. The van der Waals surface area contributed by atoms with E-state index >= 15 is 0 Å². The number of sulfone groups is 1. The number of likely N-dealkylation sites (tertiary alicyclic amines) is 1. The zero-order valence-corrected chi connectivity index (χ0v) is 11.4. The van der Waals surface area contributed by atoms with Gasteiger partial charge in [0.15, 0.2) is 9.84 Å². The molecular weight excluding hydrogens is 252 g/mol. The highest BCUT2D eigenvalue weighted by atomic mass is 32.2. The van der Waals surface area contributed by atoms with Gasteiger partial charge in [-0.1, -0.05) is 6.08 Å². The van der Waals surface area contributed by atoms with E-state index in [1.165, 1.54) is 11.8 Å². The Morgan fingerprint density at radius 1 is 1.33 bits per heavy atom. The third-order valence-corrected chi connectivity index (χ3v) is 4.83. The van der Waals surface area contributed by atoms with E-state index in [2.05, 4.69) is 5.32 Å². The number of amides is 1. The Hall–Kier alpha value is -0.880. The van der Waals surface area contributed by atoms with Crippen LogP contribution in [0.3, 0.4) is 0 Å². The quantitative estimate of drug-likeness (QED) is 0.802. The van der Waals surface area contributed by atoms with Crippen molar-refractivity contribution in [3.05, 3.63) is 11.5 Å². The van der Waals surface area contributed by atoms with Crippen molar-refractivity contribution in [2.45, 2.75) is 38.3 Å². The summed E-state index contributed by atoms with van der Waals surface area (Å²) < 4.78 is 22.5. The number of carbonyl (C=O) groups excluding carboxylic acids is 1. The molecule has 0 aromatic rings. The number of nitrogens with zero attached hydrogens (tertiary/aromatic N) is 1. The summed E-state index contributed by atoms with van der Waals surface area (Å²) in [4.78, 5) is 14.0. The summed E-state index contributed by atoms with van der Waals surface area (Å²) in [6.45, 7) is 3.45. The number of hydrogen-bond acceptors (Lipinski definition) is 4. The van der Waals surface area contributed by atoms with Gasteiger partial charge >= 0.3 is 0 Å². The maximum absolute atomic E-state index is 12.1. The van der Waals surface area contributed by atoms with Crippen LogP contribution in [0.5, 0.6) is 0 Å². The Morgan fingerprint density at radius 3 is 2.56 bits per heavy atom. The molecule has 2 atom stereocenters. The van der Waals surface area contributed by atoms with Gasteiger partial charge < -0.3 is 4.90 Å². The summed E-state index contributed by atoms with van der Waals surface area (Å²) in [7, 11) is -3.06. The molecule has 1 amide bonds. The van der Waals surface area contributed by atoms with E-state index in [1.807, 2.05) is 4.90 Å². The van der Waals surface area contributed by atoms with Crippen molar-refractivity contribution >= 4 is 15.7 Å². The standard InChI is InChI=1S/C12H20N2O3S/c1-10(12(15)14-6-3-2-4-7-14)13-11-5-8-18(16,17)9-11/h5,8,10-11,13H,2-4,6-7,9H2,1H3. The summed E-state index contributed by atoms with van der Waals surface area (Å²) in [6, 6.07) is -0.565. The SMILES string of the molecule is CC(NC1C=CS(=O)(=O)C1)C(=O)N1CCCCC1. The Kier molecular flexibility index (Phi) is 4.07. The summed E-state index contributed by atoms with van der Waals surface area (Å²) in [5.74, 6) is 0.136. The van der Waals surface area contributed by atoms with Gasteiger partial charge in [-0.2, -0.15) is 0 Å². The maximum atomic E-state index is 12.1. The molecule has 6 heteroatoms. The molecule has 2 heterocycles. The zero-order valence-electron chi connectivity index (χ0n) is 10.6. The molecule has 2 unspecified atom stereocenters. The van der Waals surface area contributed by atoms with Gasteiger partial charge in [0.25, 0.3) is 0 Å². The Balaban J connectivity index is 1.86. The fraction of sp³-hybridized carbons (Fsp3) is 0.750. The molecule has 1 fully saturated rings. The zero-order chi connectivity index (χ0) is 13.2. The first-order chi connectivity index (χ1) is 8.48. The van der Waals surface area contributed by atoms with Gasteiger partial charge in [0.1, 0.15) is 0 Å². The van der Waals surface area contributed by atoms with Crippen molar-refractivity contribution < 1.29 is 13.2 Å². The monoisotopic (exact) mass is 272 g/mol. The van der Waals surface area contributed by atoms with E-state index < -0.39 is 9.84 Å². The molecule has 1 saturated heterocycles. The molecule has 5 nitrogen and oxygen atoms in total. The minimum absolute atomic E-state index is 0.0601. The Labute approximate surface area is 108 Å². The molecule has 2 aliphatic heterocycles. The van der Waals surface area contributed by atoms with Crippen LogP contribution in [0.4, 0.5) is 0 Å². The van der Waals surface area contributed by atoms with Gasteiger partial charge in [-0.05, 0) is 26.2 Å². The highest BCUT2D eigenvalue weighted by molar-refractivity contribution is 7.94. The van der Waals surface area contributed by atoms with Crippen LogP contribution in [0.2, 0.25) is 0 Å². The normalized spacial score (nSPS) is 28.3. The lowest BCUT2D eigenvalue weighted by Gasteiger charge is -2.30. The molecule has 2 rings (SSSR count). The molecule has 0 aromatic carbocycles. The smallest absolute Gasteiger partial charge is 0.239 e. The Bertz CT molecular complexity index is 438. The summed E-state index contributed by atoms with van der Waals surface area (Å²) in [5.41, 5.74) is 0. The highest BCUT2D eigenvalue weighted by Gasteiger charge is 2.27. The number of rotatable bonds is 3. The number of carbonyl (C=O) groups is 1. The molecule has 2 aliphatic rings. The second-order valence-electron chi connectivity index (χ2n) is 5.04. The average molecular weight is 272 g/mol. The molecular formula is C12H20N2O3S. The Morgan fingerprint density at radius 2 is 2.00 bits per heavy atom. The first kappa shape index (κ1) is 13.5. The molecule has 0 bridgehead atoms. The van der Waals surface area contributed by atoms with Gasteiger partial charge in [0.05, 0.1) is 11.8 Å². The van der Waals surface area contributed by atoms with Crippen molar-refractivity contribution in [2.75, 3.05) is 18.8 Å². The molecule has 0 aromatic heterocycles. The van der Waals surface area contributed by atoms with E-state index in [0.29, 0.717) is 0 Å². The average Bonchev–Trinajstić information content (AvgIpc) is 2.68. The maximum Gasteiger partial charge on any atom is 0.239 e. The minimum Gasteiger partial charge on any atom is -0.341 e. The predicted octanol–water partition coefficient (Wildman–Crippen LogP) is 0.288. The van der Waals surface area contributed by atoms with E-state index in [1.54, 1.807) is 13.0 Å². The second-order valence-corrected chi connectivity index (χ2v) is 6.97. The van der Waals surface area contributed by atoms with Gasteiger partial charge in [-0.3, -0.25) is 10.1 Å². The molecule has 0 saturated carbocycles. The minimum atomic E-state index is -3.06. The van der Waals surface area contributed by atoms with Gasteiger partial charge in [0, 0.05) is 24.5 Å². The van der Waals surface area contributed by atoms with Gasteiger partial charge in [-0.15, -0.1) is 0 Å². The van der Waals surface area contributed by atoms with E-state index in [4.69, 9.17) is 0 Å². The van der Waals surface area contributed by atoms with Crippen molar-refractivity contribution in [1.29, 1.82) is 0 Å². The lowest BCUT2D eigenvalue weighted by atomic mass is 10.1. The van der Waals surface area contributed by atoms with Crippen LogP contribution >= 0.6 is 0 Å². The molecule has 0 radical (unpaired) electrons. The van der Waals surface area contributed by atoms with E-state index in [-0.39, 0.29) is 23.7 Å². The molecule has 102 valence electrons. The highest BCUT2D eigenvalue weighted by Crippen LogP contribution is 2.12. The first-order valence-corrected chi connectivity index (χ1v) is 8.15. The first-order valence-electron chi connectivity index (χ1n) is 6.44. The largest absolute Gasteiger partial charge is 0.341 e. The molecule has 0 spiro atoms. The topological polar surface area (TPSA) is 66.5 Å². The van der Waals surface area contributed by atoms with Gasteiger partial charge in [0.2, 0.25) is 5.91 Å². The van der Waals surface area contributed by atoms with E-state index in [9.17, 15) is 13.2 Å². The lowest BCUT2D eigenvalue weighted by molar-refractivity contribution is -0.134. The van der Waals surface area contributed by atoms with Crippen LogP contribution in [0, 0.1) is 0 Å². The van der Waals surface area contributed by atoms with E-state index in [0.717, 1.165) is 25.9 Å². The molecule has 18 heavy (non-hydrogen) atoms. The van der Waals surface area contributed by atoms with Crippen molar-refractivity contribution in [2.24, 2.45) is 0 Å². The third-order valence-electron chi connectivity index (χ3n) is 3.43. The second kappa shape index (κ2) is 5.40. The van der Waals surface area contributed by atoms with Crippen molar-refractivity contribution in [3.8, 4) is 0 Å². The predicted molar refractivity (Wildman–Crippen MR) is 69.7 cm³/mol. The summed E-state index contributed by atoms with van der Waals surface area (Å²) >= 11 is 0. The van der Waals surface area contributed by atoms with Crippen molar-refractivity contribution in [1.82, 2.24) is 10.2 Å². The van der Waals surface area contributed by atoms with Gasteiger partial charge in [-0.25, -0.2) is 8.42 Å². The van der Waals surface area contributed by atoms with Crippen LogP contribution in [-0.2, 0) is 14.6 Å². The lowest BCUT2D eigenvalue weighted by Crippen LogP contribution is -2.49. The van der Waals surface area contributed by atoms with Crippen LogP contribution in [0.1, 0.15) is 26.2 Å². The summed E-state index contributed by atoms with van der Waals surface area (Å²) in [6.07, 6.45) is 4.94. The third kappa shape index (κ3) is 3.32. The number of nitrogens with one attached hydrogen (secondary N) is 1. The van der Waals surface area contributed by atoms with Crippen LogP contribution in [0.25, 0.3) is 0 Å². The molecule has 0 aliphatic carbocycles. The fourth-order valence-electron chi connectivity index (χ4n) is 2.46. The van der Waals surface area contributed by atoms with Crippen LogP contribution in [-0.4, -0.2) is 50.2 Å². The number of piperidine rings is 1. The summed E-state index contributed by atoms with van der Waals surface area (Å²) in [5, 5.41) is 4.30. The molecule has 1 N–H and O–H groups in total. The fourth-order valence-corrected chi connectivity index (χ4v) is 3.71.